The van der Waals surface area contributed by atoms with Crippen molar-refractivity contribution in [2.75, 3.05) is 25.6 Å². The van der Waals surface area contributed by atoms with Gasteiger partial charge in [0.2, 0.25) is 11.8 Å². The van der Waals surface area contributed by atoms with E-state index in [1.807, 2.05) is 0 Å². The average Bonchev–Trinajstić information content (AvgIpc) is 2.82. The highest BCUT2D eigenvalue weighted by atomic mass is 16.7. The van der Waals surface area contributed by atoms with Crippen LogP contribution in [-0.4, -0.2) is 95.1 Å². The van der Waals surface area contributed by atoms with Gasteiger partial charge in [-0.1, -0.05) is 12.1 Å². The first-order valence-electron chi connectivity index (χ1n) is 10.4. The summed E-state index contributed by atoms with van der Waals surface area (Å²) in [6, 6.07) is 6.29. The van der Waals surface area contributed by atoms with Crippen molar-refractivity contribution in [2.24, 2.45) is 0 Å². The van der Waals surface area contributed by atoms with E-state index in [0.717, 1.165) is 0 Å². The number of aliphatic hydroxyl groups excluding tert-OH is 3. The van der Waals surface area contributed by atoms with Crippen LogP contribution in [0.15, 0.2) is 24.3 Å². The van der Waals surface area contributed by atoms with E-state index in [1.54, 1.807) is 12.1 Å². The van der Waals surface area contributed by atoms with Crippen LogP contribution in [0.3, 0.4) is 0 Å². The molecular formula is C21H28N2O11. The van der Waals surface area contributed by atoms with E-state index in [0.29, 0.717) is 0 Å². The van der Waals surface area contributed by atoms with Gasteiger partial charge in [0, 0.05) is 19.4 Å². The molecule has 13 nitrogen and oxygen atoms in total. The minimum Gasteiger partial charge on any atom is -0.479 e. The van der Waals surface area contributed by atoms with E-state index in [9.17, 15) is 34.5 Å². The van der Waals surface area contributed by atoms with E-state index in [2.05, 4.69) is 15.4 Å². The maximum atomic E-state index is 12.1. The predicted molar refractivity (Wildman–Crippen MR) is 114 cm³/mol. The Bertz CT molecular complexity index is 878. The highest BCUT2D eigenvalue weighted by molar-refractivity contribution is 6.01. The normalized spacial score (nSPS) is 24.2. The van der Waals surface area contributed by atoms with Crippen molar-refractivity contribution in [1.29, 1.82) is 0 Å². The molecule has 2 unspecified atom stereocenters. The third-order valence-electron chi connectivity index (χ3n) is 4.92. The number of anilines is 1. The lowest BCUT2D eigenvalue weighted by atomic mass is 9.99. The van der Waals surface area contributed by atoms with Crippen LogP contribution in [0.1, 0.15) is 29.6 Å². The van der Waals surface area contributed by atoms with Crippen LogP contribution >= 0.6 is 0 Å². The zero-order valence-electron chi connectivity index (χ0n) is 18.4. The third kappa shape index (κ3) is 7.46. The van der Waals surface area contributed by atoms with Crippen molar-refractivity contribution >= 4 is 29.4 Å². The number of hydrogen-bond acceptors (Lipinski definition) is 10. The van der Waals surface area contributed by atoms with Crippen LogP contribution in [0.2, 0.25) is 0 Å². The molecule has 2 amide bonds. The maximum Gasteiger partial charge on any atom is 0.339 e. The minimum atomic E-state index is -1.81. The number of carbonyl (C=O) groups excluding carboxylic acids is 3. The molecule has 0 radical (unpaired) electrons. The Kier molecular flexibility index (Phi) is 10.3. The highest BCUT2D eigenvalue weighted by Crippen LogP contribution is 2.22. The Labute approximate surface area is 194 Å². The molecule has 2 rings (SSSR count). The summed E-state index contributed by atoms with van der Waals surface area (Å²) in [7, 11) is 1.22. The third-order valence-corrected chi connectivity index (χ3v) is 4.92. The highest BCUT2D eigenvalue weighted by Gasteiger charge is 2.47. The first kappa shape index (κ1) is 27.1. The summed E-state index contributed by atoms with van der Waals surface area (Å²) < 4.78 is 14.8. The van der Waals surface area contributed by atoms with Crippen molar-refractivity contribution < 1.29 is 53.8 Å². The molecule has 1 saturated heterocycles. The number of benzene rings is 1. The lowest BCUT2D eigenvalue weighted by Crippen LogP contribution is -2.60. The SMILES string of the molecule is COC(=O)c1ccccc1NC(=O)CCC(=O)NCCCO[C@@H]1OC(C(=O)O)[C@@H](O)C(O)[C@@H]1O. The summed E-state index contributed by atoms with van der Waals surface area (Å²) in [5.74, 6) is -3.00. The van der Waals surface area contributed by atoms with E-state index in [1.165, 1.54) is 19.2 Å². The minimum absolute atomic E-state index is 0.0536. The number of hydrogen-bond donors (Lipinski definition) is 6. The molecule has 0 saturated carbocycles. The summed E-state index contributed by atoms with van der Waals surface area (Å²) in [4.78, 5) is 46.8. The fourth-order valence-electron chi connectivity index (χ4n) is 3.10. The number of methoxy groups -OCH3 is 1. The first-order valence-corrected chi connectivity index (χ1v) is 10.4. The summed E-state index contributed by atoms with van der Waals surface area (Å²) in [6.07, 6.45) is -8.42. The second-order valence-electron chi connectivity index (χ2n) is 7.39. The number of rotatable bonds is 11. The Morgan fingerprint density at radius 1 is 1.00 bits per heavy atom. The zero-order valence-corrected chi connectivity index (χ0v) is 18.4. The van der Waals surface area contributed by atoms with Gasteiger partial charge in [0.25, 0.3) is 0 Å². The van der Waals surface area contributed by atoms with Crippen molar-refractivity contribution in [3.8, 4) is 0 Å². The average molecular weight is 484 g/mol. The second-order valence-corrected chi connectivity index (χ2v) is 7.39. The number of ether oxygens (including phenoxy) is 3. The van der Waals surface area contributed by atoms with Crippen LogP contribution in [0, 0.1) is 0 Å². The van der Waals surface area contributed by atoms with E-state index in [-0.39, 0.29) is 43.7 Å². The number of carboxylic acid groups (broad SMARTS) is 1. The molecule has 188 valence electrons. The maximum absolute atomic E-state index is 12.1. The van der Waals surface area contributed by atoms with Gasteiger partial charge in [-0.25, -0.2) is 9.59 Å². The van der Waals surface area contributed by atoms with Gasteiger partial charge in [0.05, 0.1) is 25.0 Å². The smallest absolute Gasteiger partial charge is 0.339 e. The quantitative estimate of drug-likeness (QED) is 0.159. The van der Waals surface area contributed by atoms with Crippen LogP contribution in [0.5, 0.6) is 0 Å². The molecule has 34 heavy (non-hydrogen) atoms. The number of aliphatic hydroxyl groups is 3. The molecule has 13 heteroatoms. The number of nitrogens with one attached hydrogen (secondary N) is 2. The number of esters is 1. The van der Waals surface area contributed by atoms with E-state index < -0.39 is 54.5 Å². The topological polar surface area (TPSA) is 201 Å². The molecule has 6 N–H and O–H groups in total. The van der Waals surface area contributed by atoms with Gasteiger partial charge >= 0.3 is 11.9 Å². The van der Waals surface area contributed by atoms with Gasteiger partial charge in [-0.2, -0.15) is 0 Å². The molecule has 1 aliphatic rings. The van der Waals surface area contributed by atoms with Crippen LogP contribution in [0.4, 0.5) is 5.69 Å². The molecule has 1 fully saturated rings. The van der Waals surface area contributed by atoms with E-state index in [4.69, 9.17) is 14.6 Å². The monoisotopic (exact) mass is 484 g/mol. The van der Waals surface area contributed by atoms with Crippen molar-refractivity contribution in [1.82, 2.24) is 5.32 Å². The molecule has 0 aromatic heterocycles. The first-order chi connectivity index (χ1) is 16.1. The van der Waals surface area contributed by atoms with Crippen LogP contribution in [-0.2, 0) is 28.6 Å². The molecule has 1 aliphatic heterocycles. The van der Waals surface area contributed by atoms with Gasteiger partial charge in [-0.15, -0.1) is 0 Å². The molecule has 5 atom stereocenters. The van der Waals surface area contributed by atoms with Gasteiger partial charge in [0.1, 0.15) is 18.3 Å². The summed E-state index contributed by atoms with van der Waals surface area (Å²) >= 11 is 0. The van der Waals surface area contributed by atoms with Crippen molar-refractivity contribution in [3.05, 3.63) is 29.8 Å². The molecular weight excluding hydrogens is 456 g/mol. The number of aliphatic carboxylic acids is 1. The largest absolute Gasteiger partial charge is 0.479 e. The number of amides is 2. The Morgan fingerprint density at radius 3 is 2.35 bits per heavy atom. The fraction of sp³-hybridized carbons (Fsp3) is 0.524. The fourth-order valence-corrected chi connectivity index (χ4v) is 3.10. The molecule has 0 bridgehead atoms. The molecule has 0 spiro atoms. The zero-order chi connectivity index (χ0) is 25.3. The molecule has 1 aromatic rings. The molecule has 0 aliphatic carbocycles. The Morgan fingerprint density at radius 2 is 1.68 bits per heavy atom. The molecule has 1 heterocycles. The number of carbonyl (C=O) groups is 4. The van der Waals surface area contributed by atoms with E-state index >= 15 is 0 Å². The van der Waals surface area contributed by atoms with Crippen molar-refractivity contribution in [2.45, 2.75) is 50.0 Å². The summed E-state index contributed by atoms with van der Waals surface area (Å²) in [6.45, 7) is 0.101. The lowest BCUT2D eigenvalue weighted by molar-refractivity contribution is -0.294. The van der Waals surface area contributed by atoms with Gasteiger partial charge in [-0.3, -0.25) is 9.59 Å². The van der Waals surface area contributed by atoms with Gasteiger partial charge in [-0.05, 0) is 18.6 Å². The Hall–Kier alpha value is -3.10. The Balaban J connectivity index is 1.67. The number of para-hydroxylation sites is 1. The second kappa shape index (κ2) is 13.0. The van der Waals surface area contributed by atoms with Gasteiger partial charge in [0.15, 0.2) is 12.4 Å². The predicted octanol–water partition coefficient (Wildman–Crippen LogP) is -1.39. The molecule has 1 aromatic carbocycles. The van der Waals surface area contributed by atoms with Gasteiger partial charge < -0.3 is 45.3 Å². The lowest BCUT2D eigenvalue weighted by Gasteiger charge is -2.38. The van der Waals surface area contributed by atoms with Crippen molar-refractivity contribution in [3.63, 3.8) is 0 Å². The summed E-state index contributed by atoms with van der Waals surface area (Å²) in [5, 5.41) is 43.3. The summed E-state index contributed by atoms with van der Waals surface area (Å²) in [5.41, 5.74) is 0.457. The number of carboxylic acids is 1. The van der Waals surface area contributed by atoms with Crippen LogP contribution < -0.4 is 10.6 Å². The van der Waals surface area contributed by atoms with Crippen LogP contribution in [0.25, 0.3) is 0 Å². The standard InChI is InChI=1S/C21H28N2O11/c1-32-20(31)11-5-2-3-6-12(11)23-14(25)8-7-13(24)22-9-4-10-33-21-17(28)15(26)16(27)18(34-21)19(29)30/h2-3,5-6,15-18,21,26-28H,4,7-10H2,1H3,(H,22,24)(H,23,25)(H,29,30)/t15?,16-,17-,18?,21+/m0/s1.